The maximum Gasteiger partial charge on any atom is 0.416 e. The van der Waals surface area contributed by atoms with E-state index in [9.17, 15) is 21.6 Å². The molecule has 3 aromatic rings. The number of benzene rings is 3. The van der Waals surface area contributed by atoms with Crippen LogP contribution in [0.25, 0.3) is 11.1 Å². The van der Waals surface area contributed by atoms with Crippen molar-refractivity contribution in [2.45, 2.75) is 48.8 Å². The second kappa shape index (κ2) is 11.0. The largest absolute Gasteiger partial charge is 0.416 e. The van der Waals surface area contributed by atoms with Crippen molar-refractivity contribution in [1.29, 1.82) is 0 Å². The normalized spacial score (nSPS) is 22.9. The van der Waals surface area contributed by atoms with Crippen LogP contribution in [0.3, 0.4) is 0 Å². The Balaban J connectivity index is 1.44. The molecule has 3 aromatic carbocycles. The van der Waals surface area contributed by atoms with Gasteiger partial charge in [-0.1, -0.05) is 54.6 Å². The quantitative estimate of drug-likeness (QED) is 0.375. The summed E-state index contributed by atoms with van der Waals surface area (Å²) in [6, 6.07) is 20.1. The summed E-state index contributed by atoms with van der Waals surface area (Å²) < 4.78 is 74.3. The van der Waals surface area contributed by atoms with Gasteiger partial charge in [0.1, 0.15) is 0 Å². The lowest BCUT2D eigenvalue weighted by Crippen LogP contribution is -2.68. The fraction of sp³-hybridized carbons (Fsp3) is 0.400. The van der Waals surface area contributed by atoms with Crippen LogP contribution in [0.4, 0.5) is 13.2 Å². The number of aryl methyl sites for hydroxylation is 1. The monoisotopic (exact) mass is 558 g/mol. The Bertz CT molecular complexity index is 1410. The van der Waals surface area contributed by atoms with E-state index in [2.05, 4.69) is 4.90 Å². The van der Waals surface area contributed by atoms with Crippen LogP contribution < -0.4 is 0 Å². The molecule has 2 heterocycles. The summed E-state index contributed by atoms with van der Waals surface area (Å²) in [5, 5.41) is 0. The Kier molecular flexibility index (Phi) is 7.88. The number of fused-ring (bicyclic) bond motifs is 1. The van der Waals surface area contributed by atoms with Crippen LogP contribution in [0.2, 0.25) is 0 Å². The molecule has 2 aliphatic rings. The lowest BCUT2D eigenvalue weighted by Gasteiger charge is -2.57. The molecule has 3 atom stereocenters. The number of rotatable bonds is 6. The molecular formula is C30H33F3N2O3S. The Morgan fingerprint density at radius 2 is 1.64 bits per heavy atom. The number of ether oxygens (including phenoxy) is 1. The molecule has 0 bridgehead atoms. The minimum Gasteiger partial charge on any atom is -0.383 e. The zero-order chi connectivity index (χ0) is 27.8. The number of alkyl halides is 3. The third-order valence-electron chi connectivity index (χ3n) is 8.01. The summed E-state index contributed by atoms with van der Waals surface area (Å²) in [5.74, 6) is 0.0354. The van der Waals surface area contributed by atoms with E-state index in [1.54, 1.807) is 29.6 Å². The Morgan fingerprint density at radius 1 is 0.923 bits per heavy atom. The minimum atomic E-state index is -4.40. The molecule has 1 unspecified atom stereocenters. The standard InChI is InChI=1S/C30H33F3N2O3S/c1-21-8-3-4-11-28(21)39(36,37)34-16-5-6-17-35-26(19-34)29(27(35)20-38-2)23-14-12-22(13-15-23)24-9-7-10-25(18-24)30(31,32)33/h3-4,7-15,18,26-27,29H,5-6,16-17,19-20H2,1-2H3/t26-,27+,29?/m0/s1. The predicted octanol–water partition coefficient (Wildman–Crippen LogP) is 5.95. The minimum absolute atomic E-state index is 0.0244. The van der Waals surface area contributed by atoms with Gasteiger partial charge >= 0.3 is 6.18 Å². The van der Waals surface area contributed by atoms with E-state index in [1.807, 2.05) is 43.3 Å². The zero-order valence-electron chi connectivity index (χ0n) is 22.1. The molecule has 0 saturated carbocycles. The first-order valence-electron chi connectivity index (χ1n) is 13.2. The molecule has 0 amide bonds. The van der Waals surface area contributed by atoms with Crippen LogP contribution in [0.15, 0.2) is 77.7 Å². The predicted molar refractivity (Wildman–Crippen MR) is 145 cm³/mol. The number of hydrogen-bond donors (Lipinski definition) is 0. The van der Waals surface area contributed by atoms with Gasteiger partial charge in [-0.05, 0) is 66.8 Å². The third-order valence-corrected chi connectivity index (χ3v) is 10.0. The topological polar surface area (TPSA) is 49.9 Å². The Hall–Kier alpha value is -2.72. The fourth-order valence-electron chi connectivity index (χ4n) is 6.04. The molecule has 2 saturated heterocycles. The molecule has 0 spiro atoms. The molecule has 2 fully saturated rings. The summed E-state index contributed by atoms with van der Waals surface area (Å²) in [6.07, 6.45) is -2.73. The molecule has 0 N–H and O–H groups in total. The van der Waals surface area contributed by atoms with Crippen molar-refractivity contribution in [2.24, 2.45) is 0 Å². The molecule has 2 aliphatic heterocycles. The summed E-state index contributed by atoms with van der Waals surface area (Å²) >= 11 is 0. The second-order valence-corrected chi connectivity index (χ2v) is 12.3. The number of nitrogens with zero attached hydrogens (tertiary/aromatic N) is 2. The van der Waals surface area contributed by atoms with Gasteiger partial charge in [-0.2, -0.15) is 17.5 Å². The van der Waals surface area contributed by atoms with Gasteiger partial charge in [0.15, 0.2) is 0 Å². The number of hydrogen-bond acceptors (Lipinski definition) is 4. The molecule has 208 valence electrons. The lowest BCUT2D eigenvalue weighted by molar-refractivity contribution is -0.137. The van der Waals surface area contributed by atoms with E-state index in [0.29, 0.717) is 35.7 Å². The average Bonchev–Trinajstić information content (AvgIpc) is 2.89. The number of methoxy groups -OCH3 is 1. The van der Waals surface area contributed by atoms with Crippen molar-refractivity contribution < 1.29 is 26.3 Å². The van der Waals surface area contributed by atoms with E-state index in [1.165, 1.54) is 6.07 Å². The van der Waals surface area contributed by atoms with Crippen LogP contribution in [-0.4, -0.2) is 63.1 Å². The molecule has 0 aliphatic carbocycles. The van der Waals surface area contributed by atoms with Gasteiger partial charge in [0.05, 0.1) is 17.1 Å². The SMILES string of the molecule is COC[C@@H]1C(c2ccc(-c3cccc(C(F)(F)F)c3)cc2)[C@@H]2CN(S(=O)(=O)c3ccccc3C)CCCCN12. The van der Waals surface area contributed by atoms with Gasteiger partial charge in [-0.3, -0.25) is 4.90 Å². The first-order valence-corrected chi connectivity index (χ1v) is 14.6. The molecule has 9 heteroatoms. The zero-order valence-corrected chi connectivity index (χ0v) is 22.9. The van der Waals surface area contributed by atoms with Crippen LogP contribution in [0.1, 0.15) is 35.4 Å². The highest BCUT2D eigenvalue weighted by molar-refractivity contribution is 7.89. The van der Waals surface area contributed by atoms with Crippen LogP contribution in [0.5, 0.6) is 0 Å². The van der Waals surface area contributed by atoms with Crippen molar-refractivity contribution in [3.05, 3.63) is 89.5 Å². The molecule has 0 radical (unpaired) electrons. The Labute approximate surface area is 228 Å². The molecular weight excluding hydrogens is 525 g/mol. The second-order valence-electron chi connectivity index (χ2n) is 10.4. The lowest BCUT2D eigenvalue weighted by atomic mass is 9.74. The summed E-state index contributed by atoms with van der Waals surface area (Å²) in [6.45, 7) is 4.04. The highest BCUT2D eigenvalue weighted by atomic mass is 32.2. The van der Waals surface area contributed by atoms with Crippen LogP contribution in [-0.2, 0) is 20.9 Å². The van der Waals surface area contributed by atoms with Gasteiger partial charge in [0, 0.05) is 38.2 Å². The highest BCUT2D eigenvalue weighted by Crippen LogP contribution is 2.43. The third kappa shape index (κ3) is 5.50. The number of halogens is 3. The summed E-state index contributed by atoms with van der Waals surface area (Å²) in [4.78, 5) is 2.70. The summed E-state index contributed by atoms with van der Waals surface area (Å²) in [5.41, 5.74) is 2.28. The van der Waals surface area contributed by atoms with Crippen molar-refractivity contribution in [3.8, 4) is 11.1 Å². The van der Waals surface area contributed by atoms with Crippen molar-refractivity contribution >= 4 is 10.0 Å². The molecule has 5 nitrogen and oxygen atoms in total. The molecule has 39 heavy (non-hydrogen) atoms. The van der Waals surface area contributed by atoms with Crippen LogP contribution >= 0.6 is 0 Å². The molecule has 5 rings (SSSR count). The van der Waals surface area contributed by atoms with E-state index >= 15 is 0 Å². The van der Waals surface area contributed by atoms with Crippen molar-refractivity contribution in [2.75, 3.05) is 33.4 Å². The van der Waals surface area contributed by atoms with E-state index < -0.39 is 21.8 Å². The maximum atomic E-state index is 13.7. The van der Waals surface area contributed by atoms with Crippen molar-refractivity contribution in [3.63, 3.8) is 0 Å². The maximum absolute atomic E-state index is 13.7. The van der Waals surface area contributed by atoms with Gasteiger partial charge < -0.3 is 4.74 Å². The molecule has 0 aromatic heterocycles. The smallest absolute Gasteiger partial charge is 0.383 e. The first-order chi connectivity index (χ1) is 18.6. The van der Waals surface area contributed by atoms with E-state index in [-0.39, 0.29) is 18.0 Å². The Morgan fingerprint density at radius 3 is 2.33 bits per heavy atom. The van der Waals surface area contributed by atoms with Gasteiger partial charge in [0.2, 0.25) is 10.0 Å². The number of sulfonamides is 1. The summed E-state index contributed by atoms with van der Waals surface area (Å²) in [7, 11) is -2.00. The van der Waals surface area contributed by atoms with Gasteiger partial charge in [0.25, 0.3) is 0 Å². The van der Waals surface area contributed by atoms with E-state index in [0.717, 1.165) is 42.6 Å². The average molecular weight is 559 g/mol. The van der Waals surface area contributed by atoms with Crippen molar-refractivity contribution in [1.82, 2.24) is 9.21 Å². The first kappa shape index (κ1) is 27.8. The van der Waals surface area contributed by atoms with E-state index in [4.69, 9.17) is 4.74 Å². The highest BCUT2D eigenvalue weighted by Gasteiger charge is 2.50. The van der Waals surface area contributed by atoms with Crippen LogP contribution in [0, 0.1) is 6.92 Å². The van der Waals surface area contributed by atoms with Gasteiger partial charge in [-0.15, -0.1) is 0 Å². The fourth-order valence-corrected chi connectivity index (χ4v) is 7.76. The van der Waals surface area contributed by atoms with Gasteiger partial charge in [-0.25, -0.2) is 8.42 Å².